The molecule has 0 aliphatic rings. The number of halogens is 4. The summed E-state index contributed by atoms with van der Waals surface area (Å²) in [4.78, 5) is 26.8. The zero-order chi connectivity index (χ0) is 28.3. The van der Waals surface area contributed by atoms with Crippen LogP contribution in [-0.2, 0) is 17.4 Å². The van der Waals surface area contributed by atoms with E-state index < -0.39 is 29.4 Å². The van der Waals surface area contributed by atoms with Crippen molar-refractivity contribution in [1.29, 1.82) is 0 Å². The Morgan fingerprint density at radius 3 is 2.28 bits per heavy atom. The van der Waals surface area contributed by atoms with Gasteiger partial charge in [0.15, 0.2) is 11.6 Å². The van der Waals surface area contributed by atoms with E-state index in [9.17, 15) is 27.2 Å². The number of nitrogens with one attached hydrogen (secondary N) is 1. The Hall–Kier alpha value is -3.95. The van der Waals surface area contributed by atoms with E-state index in [0.29, 0.717) is 17.9 Å². The third-order valence-corrected chi connectivity index (χ3v) is 6.02. The normalized spacial score (nSPS) is 11.3. The SMILES string of the molecule is O=C(O)CCNC(=O)c1ccc(OCCCCCCCc2ccc(-c3ccc(C(F)(F)F)cc3)nc2)c(F)c1. The van der Waals surface area contributed by atoms with Crippen molar-refractivity contribution in [3.05, 3.63) is 83.3 Å². The first-order chi connectivity index (χ1) is 18.6. The Morgan fingerprint density at radius 2 is 1.64 bits per heavy atom. The maximum absolute atomic E-state index is 14.2. The average molecular weight is 547 g/mol. The number of aromatic nitrogens is 1. The Balaban J connectivity index is 1.30. The molecule has 208 valence electrons. The van der Waals surface area contributed by atoms with Gasteiger partial charge in [-0.05, 0) is 61.2 Å². The fraction of sp³-hybridized carbons (Fsp3) is 0.345. The molecular formula is C29H30F4N2O4. The number of benzene rings is 2. The molecule has 0 unspecified atom stereocenters. The summed E-state index contributed by atoms with van der Waals surface area (Å²) >= 11 is 0. The summed E-state index contributed by atoms with van der Waals surface area (Å²) in [6.45, 7) is 0.305. The molecule has 2 N–H and O–H groups in total. The zero-order valence-electron chi connectivity index (χ0n) is 21.3. The van der Waals surface area contributed by atoms with E-state index in [2.05, 4.69) is 10.3 Å². The smallest absolute Gasteiger partial charge is 0.416 e. The Bertz CT molecular complexity index is 1230. The van der Waals surface area contributed by atoms with E-state index in [1.54, 1.807) is 6.20 Å². The van der Waals surface area contributed by atoms with Crippen LogP contribution in [0.4, 0.5) is 17.6 Å². The summed E-state index contributed by atoms with van der Waals surface area (Å²) in [6, 6.07) is 12.6. The molecule has 0 spiro atoms. The van der Waals surface area contributed by atoms with Gasteiger partial charge in [0, 0.05) is 23.9 Å². The molecule has 0 saturated heterocycles. The summed E-state index contributed by atoms with van der Waals surface area (Å²) in [5, 5.41) is 11.0. The van der Waals surface area contributed by atoms with Gasteiger partial charge in [-0.1, -0.05) is 37.5 Å². The van der Waals surface area contributed by atoms with Gasteiger partial charge >= 0.3 is 12.1 Å². The number of carbonyl (C=O) groups is 2. The number of carbonyl (C=O) groups excluding carboxylic acids is 1. The predicted octanol–water partition coefficient (Wildman–Crippen LogP) is 6.68. The molecule has 3 aromatic rings. The molecule has 39 heavy (non-hydrogen) atoms. The van der Waals surface area contributed by atoms with Crippen LogP contribution >= 0.6 is 0 Å². The molecule has 0 aliphatic carbocycles. The summed E-state index contributed by atoms with van der Waals surface area (Å²) in [7, 11) is 0. The molecule has 0 radical (unpaired) electrons. The Kier molecular flexibility index (Phi) is 10.8. The van der Waals surface area contributed by atoms with Gasteiger partial charge in [0.25, 0.3) is 5.91 Å². The highest BCUT2D eigenvalue weighted by Gasteiger charge is 2.30. The second kappa shape index (κ2) is 14.3. The number of nitrogens with zero attached hydrogens (tertiary/aromatic N) is 1. The lowest BCUT2D eigenvalue weighted by Crippen LogP contribution is -2.26. The number of hydrogen-bond acceptors (Lipinski definition) is 4. The van der Waals surface area contributed by atoms with E-state index >= 15 is 0 Å². The summed E-state index contributed by atoms with van der Waals surface area (Å²) in [6.07, 6.45) is 2.64. The van der Waals surface area contributed by atoms with Crippen molar-refractivity contribution in [2.75, 3.05) is 13.2 Å². The minimum Gasteiger partial charge on any atom is -0.491 e. The van der Waals surface area contributed by atoms with E-state index in [0.717, 1.165) is 62.3 Å². The number of carboxylic acid groups (broad SMARTS) is 1. The van der Waals surface area contributed by atoms with Gasteiger partial charge in [0.1, 0.15) is 0 Å². The van der Waals surface area contributed by atoms with Gasteiger partial charge in [-0.2, -0.15) is 13.2 Å². The summed E-state index contributed by atoms with van der Waals surface area (Å²) in [5.41, 5.74) is 1.72. The number of ether oxygens (including phenoxy) is 1. The average Bonchev–Trinajstić information content (AvgIpc) is 2.90. The lowest BCUT2D eigenvalue weighted by atomic mass is 10.0. The number of amides is 1. The monoisotopic (exact) mass is 546 g/mol. The number of unbranched alkanes of at least 4 members (excludes halogenated alkanes) is 4. The first-order valence-corrected chi connectivity index (χ1v) is 12.7. The van der Waals surface area contributed by atoms with Crippen molar-refractivity contribution in [3.8, 4) is 17.0 Å². The highest BCUT2D eigenvalue weighted by molar-refractivity contribution is 5.94. The Morgan fingerprint density at radius 1 is 0.923 bits per heavy atom. The van der Waals surface area contributed by atoms with Crippen molar-refractivity contribution < 1.29 is 37.0 Å². The van der Waals surface area contributed by atoms with Crippen LogP contribution in [0, 0.1) is 5.82 Å². The number of carboxylic acids is 1. The van der Waals surface area contributed by atoms with Crippen molar-refractivity contribution in [1.82, 2.24) is 10.3 Å². The minimum atomic E-state index is -4.36. The van der Waals surface area contributed by atoms with Crippen LogP contribution in [0.15, 0.2) is 60.8 Å². The predicted molar refractivity (Wildman–Crippen MR) is 138 cm³/mol. The second-order valence-corrected chi connectivity index (χ2v) is 9.04. The number of alkyl halides is 3. The first-order valence-electron chi connectivity index (χ1n) is 12.7. The maximum Gasteiger partial charge on any atom is 0.416 e. The first kappa shape index (κ1) is 29.6. The van der Waals surface area contributed by atoms with Gasteiger partial charge in [0.05, 0.1) is 24.3 Å². The summed E-state index contributed by atoms with van der Waals surface area (Å²) in [5.74, 6) is -2.18. The van der Waals surface area contributed by atoms with Gasteiger partial charge in [-0.25, -0.2) is 4.39 Å². The van der Waals surface area contributed by atoms with Crippen LogP contribution in [0.3, 0.4) is 0 Å². The maximum atomic E-state index is 14.2. The fourth-order valence-electron chi connectivity index (χ4n) is 3.86. The molecule has 1 heterocycles. The molecule has 0 bridgehead atoms. The standard InChI is InChI=1S/C29H30F4N2O4/c30-24-18-22(28(38)34-16-15-27(36)37)10-14-26(24)39-17-5-3-1-2-4-6-20-7-13-25(35-19-20)21-8-11-23(12-9-21)29(31,32)33/h7-14,18-19H,1-6,15-17H2,(H,34,38)(H,36,37). The summed E-state index contributed by atoms with van der Waals surface area (Å²) < 4.78 is 57.9. The number of rotatable bonds is 14. The van der Waals surface area contributed by atoms with Crippen molar-refractivity contribution in [2.24, 2.45) is 0 Å². The third kappa shape index (κ3) is 9.70. The van der Waals surface area contributed by atoms with Gasteiger partial charge < -0.3 is 15.2 Å². The number of hydrogen-bond donors (Lipinski definition) is 2. The lowest BCUT2D eigenvalue weighted by Gasteiger charge is -2.09. The molecule has 1 aromatic heterocycles. The molecule has 0 saturated carbocycles. The molecule has 0 atom stereocenters. The molecule has 0 fully saturated rings. The van der Waals surface area contributed by atoms with Crippen molar-refractivity contribution in [3.63, 3.8) is 0 Å². The molecule has 10 heteroatoms. The van der Waals surface area contributed by atoms with E-state index in [1.165, 1.54) is 24.3 Å². The van der Waals surface area contributed by atoms with Crippen LogP contribution < -0.4 is 10.1 Å². The second-order valence-electron chi connectivity index (χ2n) is 9.04. The number of aryl methyl sites for hydroxylation is 1. The van der Waals surface area contributed by atoms with Crippen LogP contribution in [0.5, 0.6) is 5.75 Å². The molecule has 1 amide bonds. The Labute approximate surface area is 224 Å². The van der Waals surface area contributed by atoms with Crippen LogP contribution in [0.2, 0.25) is 0 Å². The van der Waals surface area contributed by atoms with Gasteiger partial charge in [0.2, 0.25) is 0 Å². The number of aliphatic carboxylic acids is 1. The molecule has 3 rings (SSSR count). The topological polar surface area (TPSA) is 88.5 Å². The third-order valence-electron chi connectivity index (χ3n) is 6.02. The fourth-order valence-corrected chi connectivity index (χ4v) is 3.86. The van der Waals surface area contributed by atoms with E-state index in [-0.39, 0.29) is 24.3 Å². The molecule has 6 nitrogen and oxygen atoms in total. The van der Waals surface area contributed by atoms with Crippen molar-refractivity contribution in [2.45, 2.75) is 51.1 Å². The van der Waals surface area contributed by atoms with Gasteiger partial charge in [-0.3, -0.25) is 14.6 Å². The van der Waals surface area contributed by atoms with Crippen LogP contribution in [0.1, 0.15) is 60.0 Å². The molecule has 2 aromatic carbocycles. The zero-order valence-corrected chi connectivity index (χ0v) is 21.3. The van der Waals surface area contributed by atoms with Gasteiger partial charge in [-0.15, -0.1) is 0 Å². The van der Waals surface area contributed by atoms with Crippen LogP contribution in [0.25, 0.3) is 11.3 Å². The highest BCUT2D eigenvalue weighted by atomic mass is 19.4. The van der Waals surface area contributed by atoms with E-state index in [1.807, 2.05) is 12.1 Å². The highest BCUT2D eigenvalue weighted by Crippen LogP contribution is 2.30. The lowest BCUT2D eigenvalue weighted by molar-refractivity contribution is -0.138. The number of pyridine rings is 1. The largest absolute Gasteiger partial charge is 0.491 e. The molecular weight excluding hydrogens is 516 g/mol. The van der Waals surface area contributed by atoms with Crippen LogP contribution in [-0.4, -0.2) is 35.1 Å². The minimum absolute atomic E-state index is 0.0386. The molecule has 0 aliphatic heterocycles. The van der Waals surface area contributed by atoms with Crippen molar-refractivity contribution >= 4 is 11.9 Å². The van der Waals surface area contributed by atoms with E-state index in [4.69, 9.17) is 9.84 Å². The quantitative estimate of drug-likeness (QED) is 0.174.